The largest absolute Gasteiger partial charge is 0.383 e. The van der Waals surface area contributed by atoms with Gasteiger partial charge in [0.2, 0.25) is 0 Å². The molecule has 0 aromatic heterocycles. The molecule has 1 unspecified atom stereocenters. The SMILES string of the molecule is CCCNC(COC)C(C)(C)N(C)C. The summed E-state index contributed by atoms with van der Waals surface area (Å²) < 4.78 is 5.25. The van der Waals surface area contributed by atoms with Crippen molar-refractivity contribution in [2.45, 2.75) is 38.8 Å². The van der Waals surface area contributed by atoms with Gasteiger partial charge in [-0.2, -0.15) is 0 Å². The second-order valence-electron chi connectivity index (χ2n) is 4.51. The summed E-state index contributed by atoms with van der Waals surface area (Å²) in [5.41, 5.74) is 0.116. The Bertz CT molecular complexity index is 146. The summed E-state index contributed by atoms with van der Waals surface area (Å²) in [5, 5.41) is 3.53. The lowest BCUT2D eigenvalue weighted by atomic mass is 9.93. The average molecular weight is 202 g/mol. The van der Waals surface area contributed by atoms with Crippen molar-refractivity contribution in [3.63, 3.8) is 0 Å². The van der Waals surface area contributed by atoms with Gasteiger partial charge in [0, 0.05) is 18.7 Å². The Morgan fingerprint density at radius 2 is 1.93 bits per heavy atom. The standard InChI is InChI=1S/C11H26N2O/c1-7-8-12-10(9-14-6)11(2,3)13(4)5/h10,12H,7-9H2,1-6H3. The van der Waals surface area contributed by atoms with Crippen LogP contribution in [0.2, 0.25) is 0 Å². The fraction of sp³-hybridized carbons (Fsp3) is 1.00. The van der Waals surface area contributed by atoms with Crippen LogP contribution in [-0.2, 0) is 4.74 Å². The Labute approximate surface area is 88.8 Å². The zero-order valence-corrected chi connectivity index (χ0v) is 10.6. The zero-order valence-electron chi connectivity index (χ0n) is 10.6. The highest BCUT2D eigenvalue weighted by atomic mass is 16.5. The molecular formula is C11H26N2O. The molecule has 0 rings (SSSR count). The molecule has 1 N–H and O–H groups in total. The summed E-state index contributed by atoms with van der Waals surface area (Å²) in [6.07, 6.45) is 1.16. The third-order valence-corrected chi connectivity index (χ3v) is 2.98. The van der Waals surface area contributed by atoms with Gasteiger partial charge < -0.3 is 15.0 Å². The number of methoxy groups -OCH3 is 1. The summed E-state index contributed by atoms with van der Waals surface area (Å²) >= 11 is 0. The number of hydrogen-bond acceptors (Lipinski definition) is 3. The average Bonchev–Trinajstić information content (AvgIpc) is 2.11. The second-order valence-corrected chi connectivity index (χ2v) is 4.51. The van der Waals surface area contributed by atoms with Crippen molar-refractivity contribution in [3.8, 4) is 0 Å². The highest BCUT2D eigenvalue weighted by molar-refractivity contribution is 4.91. The van der Waals surface area contributed by atoms with Crippen molar-refractivity contribution >= 4 is 0 Å². The van der Waals surface area contributed by atoms with E-state index in [2.05, 4.69) is 45.1 Å². The predicted molar refractivity (Wildman–Crippen MR) is 61.7 cm³/mol. The fourth-order valence-electron chi connectivity index (χ4n) is 1.31. The minimum Gasteiger partial charge on any atom is -0.383 e. The molecule has 0 aromatic rings. The van der Waals surface area contributed by atoms with Crippen LogP contribution >= 0.6 is 0 Å². The zero-order chi connectivity index (χ0) is 11.2. The molecule has 0 aliphatic carbocycles. The van der Waals surface area contributed by atoms with Gasteiger partial charge in [-0.05, 0) is 40.9 Å². The molecular weight excluding hydrogens is 176 g/mol. The van der Waals surface area contributed by atoms with Crippen LogP contribution in [0.15, 0.2) is 0 Å². The number of ether oxygens (including phenoxy) is 1. The van der Waals surface area contributed by atoms with E-state index in [0.717, 1.165) is 19.6 Å². The van der Waals surface area contributed by atoms with Crippen molar-refractivity contribution < 1.29 is 4.74 Å². The number of rotatable bonds is 7. The number of hydrogen-bond donors (Lipinski definition) is 1. The molecule has 3 nitrogen and oxygen atoms in total. The summed E-state index contributed by atoms with van der Waals surface area (Å²) in [6.45, 7) is 8.45. The lowest BCUT2D eigenvalue weighted by molar-refractivity contribution is 0.0718. The molecule has 0 fully saturated rings. The minimum absolute atomic E-state index is 0.116. The van der Waals surface area contributed by atoms with E-state index in [0.29, 0.717) is 6.04 Å². The van der Waals surface area contributed by atoms with E-state index < -0.39 is 0 Å². The van der Waals surface area contributed by atoms with Gasteiger partial charge in [-0.1, -0.05) is 6.92 Å². The molecule has 3 heteroatoms. The Kier molecular flexibility index (Phi) is 6.33. The predicted octanol–water partition coefficient (Wildman–Crippen LogP) is 1.34. The molecule has 0 aromatic carbocycles. The van der Waals surface area contributed by atoms with Gasteiger partial charge in [0.1, 0.15) is 0 Å². The Morgan fingerprint density at radius 3 is 2.29 bits per heavy atom. The number of likely N-dealkylation sites (N-methyl/N-ethyl adjacent to an activating group) is 1. The van der Waals surface area contributed by atoms with E-state index in [1.54, 1.807) is 7.11 Å². The first-order chi connectivity index (χ1) is 6.46. The van der Waals surface area contributed by atoms with Crippen LogP contribution in [0.4, 0.5) is 0 Å². The first-order valence-corrected chi connectivity index (χ1v) is 5.36. The Balaban J connectivity index is 4.29. The van der Waals surface area contributed by atoms with Crippen LogP contribution in [-0.4, -0.2) is 50.8 Å². The Hall–Kier alpha value is -0.120. The third-order valence-electron chi connectivity index (χ3n) is 2.98. The Morgan fingerprint density at radius 1 is 1.36 bits per heavy atom. The van der Waals surface area contributed by atoms with Crippen molar-refractivity contribution in [3.05, 3.63) is 0 Å². The smallest absolute Gasteiger partial charge is 0.0633 e. The fourth-order valence-corrected chi connectivity index (χ4v) is 1.31. The summed E-state index contributed by atoms with van der Waals surface area (Å²) in [7, 11) is 5.97. The van der Waals surface area contributed by atoms with Gasteiger partial charge in [0.15, 0.2) is 0 Å². The maximum Gasteiger partial charge on any atom is 0.0633 e. The third kappa shape index (κ3) is 3.95. The topological polar surface area (TPSA) is 24.5 Å². The lowest BCUT2D eigenvalue weighted by Crippen LogP contribution is -2.57. The molecule has 0 amide bonds. The maximum atomic E-state index is 5.25. The van der Waals surface area contributed by atoms with Gasteiger partial charge in [-0.25, -0.2) is 0 Å². The molecule has 0 radical (unpaired) electrons. The molecule has 0 aliphatic heterocycles. The van der Waals surface area contributed by atoms with Crippen LogP contribution < -0.4 is 5.32 Å². The van der Waals surface area contributed by atoms with Crippen LogP contribution in [0.3, 0.4) is 0 Å². The quantitative estimate of drug-likeness (QED) is 0.674. The first kappa shape index (κ1) is 13.9. The lowest BCUT2D eigenvalue weighted by Gasteiger charge is -2.40. The van der Waals surface area contributed by atoms with Gasteiger partial charge in [-0.3, -0.25) is 0 Å². The molecule has 0 saturated heterocycles. The van der Waals surface area contributed by atoms with E-state index >= 15 is 0 Å². The molecule has 0 aliphatic rings. The van der Waals surface area contributed by atoms with E-state index in [-0.39, 0.29) is 5.54 Å². The highest BCUT2D eigenvalue weighted by Gasteiger charge is 2.30. The normalized spacial score (nSPS) is 14.8. The van der Waals surface area contributed by atoms with E-state index in [4.69, 9.17) is 4.74 Å². The second kappa shape index (κ2) is 6.38. The van der Waals surface area contributed by atoms with E-state index in [1.807, 2.05) is 0 Å². The summed E-state index contributed by atoms with van der Waals surface area (Å²) in [6, 6.07) is 0.377. The van der Waals surface area contributed by atoms with Crippen molar-refractivity contribution in [1.82, 2.24) is 10.2 Å². The molecule has 0 spiro atoms. The molecule has 0 heterocycles. The molecule has 1 atom stereocenters. The van der Waals surface area contributed by atoms with Crippen LogP contribution in [0, 0.1) is 0 Å². The summed E-state index contributed by atoms with van der Waals surface area (Å²) in [5.74, 6) is 0. The number of nitrogens with zero attached hydrogens (tertiary/aromatic N) is 1. The number of nitrogens with one attached hydrogen (secondary N) is 1. The van der Waals surface area contributed by atoms with Crippen molar-refractivity contribution in [2.24, 2.45) is 0 Å². The van der Waals surface area contributed by atoms with Crippen molar-refractivity contribution in [2.75, 3.05) is 34.4 Å². The van der Waals surface area contributed by atoms with Gasteiger partial charge in [0.25, 0.3) is 0 Å². The van der Waals surface area contributed by atoms with E-state index in [1.165, 1.54) is 0 Å². The maximum absolute atomic E-state index is 5.25. The minimum atomic E-state index is 0.116. The molecule has 86 valence electrons. The van der Waals surface area contributed by atoms with Crippen molar-refractivity contribution in [1.29, 1.82) is 0 Å². The summed E-state index contributed by atoms with van der Waals surface area (Å²) in [4.78, 5) is 2.24. The van der Waals surface area contributed by atoms with Gasteiger partial charge >= 0.3 is 0 Å². The van der Waals surface area contributed by atoms with Crippen LogP contribution in [0.1, 0.15) is 27.2 Å². The van der Waals surface area contributed by atoms with Gasteiger partial charge in [-0.15, -0.1) is 0 Å². The first-order valence-electron chi connectivity index (χ1n) is 5.36. The molecule has 14 heavy (non-hydrogen) atoms. The monoisotopic (exact) mass is 202 g/mol. The van der Waals surface area contributed by atoms with Crippen LogP contribution in [0.25, 0.3) is 0 Å². The highest BCUT2D eigenvalue weighted by Crippen LogP contribution is 2.16. The van der Waals surface area contributed by atoms with Gasteiger partial charge in [0.05, 0.1) is 6.61 Å². The van der Waals surface area contributed by atoms with Crippen LogP contribution in [0.5, 0.6) is 0 Å². The molecule has 0 bridgehead atoms. The van der Waals surface area contributed by atoms with E-state index in [9.17, 15) is 0 Å². The molecule has 0 saturated carbocycles.